The number of carbonyl (C=O) groups is 2. The summed E-state index contributed by atoms with van der Waals surface area (Å²) in [7, 11) is 0. The van der Waals surface area contributed by atoms with Crippen LogP contribution in [0, 0.1) is 0 Å². The Morgan fingerprint density at radius 3 is 0.865 bits per heavy atom. The molecular weight excluding hydrogens is 1090 g/mol. The fourth-order valence-corrected chi connectivity index (χ4v) is 13.0. The van der Waals surface area contributed by atoms with E-state index in [2.05, 4.69) is 43.5 Å². The Hall–Kier alpha value is -1.92. The molecule has 0 saturated heterocycles. The van der Waals surface area contributed by atoms with E-state index in [0.717, 1.165) is 51.4 Å². The summed E-state index contributed by atoms with van der Waals surface area (Å²) in [6.07, 6.45) is 103. The first-order valence-corrected chi connectivity index (χ1v) is 40.8. The van der Waals surface area contributed by atoms with Crippen molar-refractivity contribution in [2.24, 2.45) is 0 Å². The molecule has 2 atom stereocenters. The first-order chi connectivity index (χ1) is 44.0. The van der Waals surface area contributed by atoms with Gasteiger partial charge < -0.3 is 20.3 Å². The Bertz CT molecular complexity index is 1440. The molecule has 2 unspecified atom stereocenters. The molecule has 0 bridgehead atoms. The van der Waals surface area contributed by atoms with Crippen molar-refractivity contribution < 1.29 is 24.5 Å². The molecule has 0 aromatic carbocycles. The molecule has 0 fully saturated rings. The van der Waals surface area contributed by atoms with Gasteiger partial charge >= 0.3 is 5.97 Å². The Morgan fingerprint density at radius 2 is 0.562 bits per heavy atom. The van der Waals surface area contributed by atoms with Gasteiger partial charge in [-0.05, 0) is 64.2 Å². The minimum absolute atomic E-state index is 0.00871. The number of unbranched alkanes of at least 4 members (excludes halogenated alkanes) is 62. The van der Waals surface area contributed by atoms with Gasteiger partial charge in [-0.15, -0.1) is 0 Å². The van der Waals surface area contributed by atoms with Gasteiger partial charge in [0.25, 0.3) is 0 Å². The van der Waals surface area contributed by atoms with Crippen LogP contribution in [0.15, 0.2) is 36.5 Å². The quantitative estimate of drug-likeness (QED) is 0.0320. The second-order valence-electron chi connectivity index (χ2n) is 28.1. The largest absolute Gasteiger partial charge is 0.466 e. The summed E-state index contributed by atoms with van der Waals surface area (Å²) in [5, 5.41) is 23.3. The number of ether oxygens (including phenoxy) is 1. The number of rotatable bonds is 77. The fraction of sp³-hybridized carbons (Fsp3) is 0.904. The number of aliphatic hydroxyl groups excluding tert-OH is 2. The van der Waals surface area contributed by atoms with Crippen LogP contribution >= 0.6 is 0 Å². The second kappa shape index (κ2) is 78.5. The maximum absolute atomic E-state index is 12.6. The number of allylic oxidation sites excluding steroid dienone is 5. The minimum atomic E-state index is -0.843. The predicted molar refractivity (Wildman–Crippen MR) is 393 cm³/mol. The monoisotopic (exact) mass is 1250 g/mol. The zero-order valence-electron chi connectivity index (χ0n) is 60.4. The van der Waals surface area contributed by atoms with E-state index in [4.69, 9.17) is 4.74 Å². The lowest BCUT2D eigenvalue weighted by Crippen LogP contribution is -2.45. The van der Waals surface area contributed by atoms with E-state index < -0.39 is 12.1 Å². The number of amides is 1. The van der Waals surface area contributed by atoms with Crippen molar-refractivity contribution in [3.8, 4) is 0 Å². The van der Waals surface area contributed by atoms with Gasteiger partial charge in [-0.3, -0.25) is 9.59 Å². The summed E-state index contributed by atoms with van der Waals surface area (Å²) in [6, 6.07) is -0.626. The van der Waals surface area contributed by atoms with Crippen LogP contribution in [0.5, 0.6) is 0 Å². The predicted octanol–water partition coefficient (Wildman–Crippen LogP) is 27.0. The third-order valence-corrected chi connectivity index (χ3v) is 19.2. The fourth-order valence-electron chi connectivity index (χ4n) is 13.0. The highest BCUT2D eigenvalue weighted by molar-refractivity contribution is 5.76. The number of nitrogens with one attached hydrogen (secondary N) is 1. The average Bonchev–Trinajstić information content (AvgIpc) is 3.64. The first-order valence-electron chi connectivity index (χ1n) is 40.8. The summed E-state index contributed by atoms with van der Waals surface area (Å²) >= 11 is 0. The minimum Gasteiger partial charge on any atom is -0.466 e. The van der Waals surface area contributed by atoms with Gasteiger partial charge in [-0.25, -0.2) is 0 Å². The van der Waals surface area contributed by atoms with Gasteiger partial charge in [-0.2, -0.15) is 0 Å². The van der Waals surface area contributed by atoms with Crippen LogP contribution in [0.2, 0.25) is 0 Å². The lowest BCUT2D eigenvalue weighted by atomic mass is 10.0. The second-order valence-corrected chi connectivity index (χ2v) is 28.1. The Balaban J connectivity index is 3.35. The smallest absolute Gasteiger partial charge is 0.305 e. The van der Waals surface area contributed by atoms with Gasteiger partial charge in [0, 0.05) is 12.8 Å². The molecule has 1 amide bonds. The van der Waals surface area contributed by atoms with Crippen LogP contribution in [0.25, 0.3) is 0 Å². The van der Waals surface area contributed by atoms with Crippen molar-refractivity contribution in [1.29, 1.82) is 0 Å². The van der Waals surface area contributed by atoms with E-state index in [1.807, 2.05) is 6.08 Å². The molecule has 89 heavy (non-hydrogen) atoms. The molecule has 526 valence electrons. The lowest BCUT2D eigenvalue weighted by Gasteiger charge is -2.20. The lowest BCUT2D eigenvalue weighted by molar-refractivity contribution is -0.143. The van der Waals surface area contributed by atoms with Crippen LogP contribution < -0.4 is 5.32 Å². The molecule has 0 aromatic heterocycles. The maximum atomic E-state index is 12.6. The molecule has 6 nitrogen and oxygen atoms in total. The number of hydrogen-bond donors (Lipinski definition) is 3. The Kier molecular flexibility index (Phi) is 76.8. The molecule has 3 N–H and O–H groups in total. The van der Waals surface area contributed by atoms with Crippen LogP contribution in [0.4, 0.5) is 0 Å². The number of carbonyl (C=O) groups excluding carboxylic acids is 2. The highest BCUT2D eigenvalue weighted by Crippen LogP contribution is 2.20. The van der Waals surface area contributed by atoms with Crippen molar-refractivity contribution in [3.63, 3.8) is 0 Å². The molecular formula is C83H159NO5. The average molecular weight is 1250 g/mol. The summed E-state index contributed by atoms with van der Waals surface area (Å²) in [5.74, 6) is -0.0495. The van der Waals surface area contributed by atoms with Crippen molar-refractivity contribution in [2.75, 3.05) is 13.2 Å². The summed E-state index contributed by atoms with van der Waals surface area (Å²) in [6.45, 7) is 4.93. The normalized spacial score (nSPS) is 12.6. The van der Waals surface area contributed by atoms with E-state index >= 15 is 0 Å². The highest BCUT2D eigenvalue weighted by atomic mass is 16.5. The van der Waals surface area contributed by atoms with Gasteiger partial charge in [0.2, 0.25) is 5.91 Å². The number of hydrogen-bond acceptors (Lipinski definition) is 5. The third-order valence-electron chi connectivity index (χ3n) is 19.2. The number of aliphatic hydroxyl groups is 2. The molecule has 0 saturated carbocycles. The van der Waals surface area contributed by atoms with Crippen molar-refractivity contribution >= 4 is 11.9 Å². The summed E-state index contributed by atoms with van der Waals surface area (Å²) in [5.41, 5.74) is 0. The SMILES string of the molecule is CCCCCC/C=C\C/C=C\CCCCCCCC(=O)OCCCCCCCCCCCCCCCCCCCCCCCCCCCCCCCCCCCC(=O)NC(CO)C(O)/C=C/CCCCCCCCCCCCCCCCCCCCCCC. The standard InChI is InChI=1S/C83H159NO5/c1-3-5-7-9-11-13-15-17-19-21-22-23-35-38-41-44-47-51-55-59-63-67-71-75-81(86)80(79-85)84-82(87)76-72-68-64-60-56-52-48-45-42-39-36-33-31-29-27-25-24-26-28-30-32-34-37-40-43-46-50-54-58-62-66-70-74-78-89-83(88)77-73-69-65-61-57-53-49-20-18-16-14-12-10-8-6-4-2/h14,16,20,49,71,75,80-81,85-86H,3-13,15,17-19,21-48,50-70,72-74,76-79H2,1-2H3,(H,84,87)/b16-14-,49-20-,75-71+. The van der Waals surface area contributed by atoms with Crippen molar-refractivity contribution in [3.05, 3.63) is 36.5 Å². The molecule has 0 aliphatic heterocycles. The summed E-state index contributed by atoms with van der Waals surface area (Å²) < 4.78 is 5.50. The zero-order chi connectivity index (χ0) is 64.2. The van der Waals surface area contributed by atoms with Crippen molar-refractivity contribution in [1.82, 2.24) is 5.32 Å². The number of esters is 1. The van der Waals surface area contributed by atoms with Gasteiger partial charge in [0.1, 0.15) is 0 Å². The zero-order valence-corrected chi connectivity index (χ0v) is 60.4. The highest BCUT2D eigenvalue weighted by Gasteiger charge is 2.18. The molecule has 0 radical (unpaired) electrons. The van der Waals surface area contributed by atoms with E-state index in [0.29, 0.717) is 19.4 Å². The third kappa shape index (κ3) is 75.0. The Labute approximate surface area is 557 Å². The topological polar surface area (TPSA) is 95.9 Å². The molecule has 0 aliphatic rings. The molecule has 0 aliphatic carbocycles. The van der Waals surface area contributed by atoms with Crippen LogP contribution in [-0.2, 0) is 14.3 Å². The van der Waals surface area contributed by atoms with E-state index in [9.17, 15) is 19.8 Å². The molecule has 0 aromatic rings. The van der Waals surface area contributed by atoms with Crippen LogP contribution in [0.3, 0.4) is 0 Å². The van der Waals surface area contributed by atoms with Crippen LogP contribution in [0.1, 0.15) is 457 Å². The maximum Gasteiger partial charge on any atom is 0.305 e. The Morgan fingerprint density at radius 1 is 0.315 bits per heavy atom. The first kappa shape index (κ1) is 87.1. The van der Waals surface area contributed by atoms with E-state index in [-0.39, 0.29) is 18.5 Å². The van der Waals surface area contributed by atoms with Crippen molar-refractivity contribution in [2.45, 2.75) is 469 Å². The molecule has 0 spiro atoms. The van der Waals surface area contributed by atoms with Crippen LogP contribution in [-0.4, -0.2) is 47.4 Å². The van der Waals surface area contributed by atoms with E-state index in [1.165, 1.54) is 379 Å². The molecule has 6 heteroatoms. The van der Waals surface area contributed by atoms with Gasteiger partial charge in [0.15, 0.2) is 0 Å². The van der Waals surface area contributed by atoms with Gasteiger partial charge in [-0.1, -0.05) is 416 Å². The summed E-state index contributed by atoms with van der Waals surface area (Å²) in [4.78, 5) is 24.6. The van der Waals surface area contributed by atoms with Gasteiger partial charge in [0.05, 0.1) is 25.4 Å². The molecule has 0 rings (SSSR count). The molecule has 0 heterocycles. The van der Waals surface area contributed by atoms with E-state index in [1.54, 1.807) is 6.08 Å².